The van der Waals surface area contributed by atoms with E-state index in [9.17, 15) is 10.0 Å². The number of aryl methyl sites for hydroxylation is 1. The Labute approximate surface area is 138 Å². The van der Waals surface area contributed by atoms with Crippen molar-refractivity contribution in [1.82, 2.24) is 20.6 Å². The smallest absolute Gasteiger partial charge is 0.354 e. The number of pyridine rings is 2. The van der Waals surface area contributed by atoms with E-state index in [2.05, 4.69) is 15.4 Å². The van der Waals surface area contributed by atoms with Gasteiger partial charge in [0.15, 0.2) is 0 Å². The van der Waals surface area contributed by atoms with Crippen molar-refractivity contribution in [2.75, 3.05) is 0 Å². The molecule has 24 heavy (non-hydrogen) atoms. The Hall–Kier alpha value is -2.88. The van der Waals surface area contributed by atoms with Crippen LogP contribution in [0.2, 0.25) is 0 Å². The number of hydrogen-bond acceptors (Lipinski definition) is 7. The maximum Gasteiger partial charge on any atom is 0.354 e. The summed E-state index contributed by atoms with van der Waals surface area (Å²) in [5.74, 6) is -1.10. The second-order valence-electron chi connectivity index (χ2n) is 4.59. The van der Waals surface area contributed by atoms with Crippen LogP contribution in [0.1, 0.15) is 27.6 Å². The number of aromatic nitrogens is 2. The maximum atomic E-state index is 10.8. The molecule has 0 atom stereocenters. The summed E-state index contributed by atoms with van der Waals surface area (Å²) in [5.41, 5.74) is 4.84. The van der Waals surface area contributed by atoms with Crippen LogP contribution in [-0.2, 0) is 17.9 Å². The van der Waals surface area contributed by atoms with E-state index in [4.69, 9.17) is 15.0 Å². The second-order valence-corrected chi connectivity index (χ2v) is 4.59. The minimum absolute atomic E-state index is 0.0544. The van der Waals surface area contributed by atoms with Crippen LogP contribution in [0.5, 0.6) is 0 Å². The first-order valence-electron chi connectivity index (χ1n) is 6.85. The fourth-order valence-electron chi connectivity index (χ4n) is 1.77. The number of hydrazine groups is 1. The molecule has 9 nitrogen and oxygen atoms in total. The molecular weight excluding hydrogens is 316 g/mol. The normalized spacial score (nSPS) is 9.96. The molecule has 0 unspecified atom stereocenters. The van der Waals surface area contributed by atoms with Crippen LogP contribution in [-0.4, -0.2) is 43.0 Å². The van der Waals surface area contributed by atoms with E-state index in [0.717, 1.165) is 16.6 Å². The fraction of sp³-hybridized carbons (Fsp3) is 0.200. The zero-order valence-electron chi connectivity index (χ0n) is 13.0. The summed E-state index contributed by atoms with van der Waals surface area (Å²) in [6.07, 6.45) is 0. The number of hydroxylamine groups is 1. The van der Waals surface area contributed by atoms with E-state index in [-0.39, 0.29) is 18.7 Å². The zero-order chi connectivity index (χ0) is 17.9. The Kier molecular flexibility index (Phi) is 7.99. The molecule has 4 N–H and O–H groups in total. The maximum absolute atomic E-state index is 10.8. The van der Waals surface area contributed by atoms with Crippen LogP contribution in [0.4, 0.5) is 0 Å². The molecule has 0 radical (unpaired) electrons. The topological polar surface area (TPSA) is 136 Å². The molecule has 2 heterocycles. The van der Waals surface area contributed by atoms with Crippen molar-refractivity contribution in [3.05, 3.63) is 59.2 Å². The van der Waals surface area contributed by atoms with Gasteiger partial charge in [-0.3, -0.25) is 15.0 Å². The van der Waals surface area contributed by atoms with Crippen molar-refractivity contribution in [1.29, 1.82) is 0 Å². The predicted molar refractivity (Wildman–Crippen MR) is 83.0 cm³/mol. The highest BCUT2D eigenvalue weighted by Gasteiger charge is 2.08. The lowest BCUT2D eigenvalue weighted by Gasteiger charge is -2.15. The van der Waals surface area contributed by atoms with Gasteiger partial charge in [-0.05, 0) is 31.2 Å². The van der Waals surface area contributed by atoms with Crippen molar-refractivity contribution in [2.45, 2.75) is 20.0 Å². The molecule has 0 aliphatic rings. The molecule has 0 aliphatic carbocycles. The SMILES string of the molecule is Cc1cccc(CNN(O)Cc2cccc(C(=O)O)n2)n1.O=CO. The van der Waals surface area contributed by atoms with Gasteiger partial charge in [0.05, 0.1) is 24.5 Å². The van der Waals surface area contributed by atoms with Gasteiger partial charge >= 0.3 is 5.97 Å². The summed E-state index contributed by atoms with van der Waals surface area (Å²) in [5, 5.41) is 26.4. The van der Waals surface area contributed by atoms with Gasteiger partial charge in [0, 0.05) is 5.69 Å². The van der Waals surface area contributed by atoms with E-state index in [0.29, 0.717) is 12.2 Å². The number of hydrogen-bond donors (Lipinski definition) is 4. The predicted octanol–water partition coefficient (Wildman–Crippen LogP) is 1.08. The van der Waals surface area contributed by atoms with Gasteiger partial charge in [0.2, 0.25) is 0 Å². The first-order valence-corrected chi connectivity index (χ1v) is 6.85. The van der Waals surface area contributed by atoms with Crippen molar-refractivity contribution in [3.63, 3.8) is 0 Å². The molecule has 2 aromatic heterocycles. The van der Waals surface area contributed by atoms with Crippen LogP contribution in [0.3, 0.4) is 0 Å². The molecule has 0 amide bonds. The number of rotatable bonds is 6. The average Bonchev–Trinajstić information content (AvgIpc) is 2.54. The number of carboxylic acid groups (broad SMARTS) is 2. The molecular formula is C15H18N4O5. The summed E-state index contributed by atoms with van der Waals surface area (Å²) in [6, 6.07) is 10.2. The first-order chi connectivity index (χ1) is 11.5. The van der Waals surface area contributed by atoms with Gasteiger partial charge in [-0.15, -0.1) is 5.17 Å². The minimum Gasteiger partial charge on any atom is -0.483 e. The molecule has 2 rings (SSSR count). The Morgan fingerprint density at radius 3 is 2.46 bits per heavy atom. The lowest BCUT2D eigenvalue weighted by Crippen LogP contribution is -2.34. The summed E-state index contributed by atoms with van der Waals surface area (Å²) in [7, 11) is 0. The van der Waals surface area contributed by atoms with Gasteiger partial charge in [-0.1, -0.05) is 12.1 Å². The monoisotopic (exact) mass is 334 g/mol. The van der Waals surface area contributed by atoms with Crippen LogP contribution >= 0.6 is 0 Å². The molecule has 9 heteroatoms. The lowest BCUT2D eigenvalue weighted by atomic mass is 10.3. The molecule has 2 aromatic rings. The van der Waals surface area contributed by atoms with Gasteiger partial charge in [-0.25, -0.2) is 15.2 Å². The molecule has 0 saturated heterocycles. The van der Waals surface area contributed by atoms with Crippen LogP contribution in [0.15, 0.2) is 36.4 Å². The van der Waals surface area contributed by atoms with Crippen LogP contribution < -0.4 is 5.43 Å². The Bertz CT molecular complexity index is 680. The summed E-state index contributed by atoms with van der Waals surface area (Å²) in [6.45, 7) is 2.06. The van der Waals surface area contributed by atoms with Gasteiger partial charge in [0.25, 0.3) is 6.47 Å². The van der Waals surface area contributed by atoms with Crippen LogP contribution in [0.25, 0.3) is 0 Å². The quantitative estimate of drug-likeness (QED) is 0.452. The Morgan fingerprint density at radius 1 is 1.21 bits per heavy atom. The van der Waals surface area contributed by atoms with Gasteiger partial charge < -0.3 is 10.2 Å². The van der Waals surface area contributed by atoms with Gasteiger partial charge in [-0.2, -0.15) is 0 Å². The van der Waals surface area contributed by atoms with E-state index in [1.165, 1.54) is 6.07 Å². The number of carboxylic acids is 1. The summed E-state index contributed by atoms with van der Waals surface area (Å²) in [4.78, 5) is 27.4. The van der Waals surface area contributed by atoms with Crippen molar-refractivity contribution >= 4 is 12.4 Å². The minimum atomic E-state index is -1.10. The largest absolute Gasteiger partial charge is 0.483 e. The standard InChI is InChI=1S/C14H16N4O3.CH2O2/c1-10-4-2-5-11(16-10)8-15-18(21)9-12-6-3-7-13(17-12)14(19)20;2-1-3/h2-7,15,21H,8-9H2,1H3,(H,19,20);1H,(H,2,3). The van der Waals surface area contributed by atoms with Crippen molar-refractivity contribution < 1.29 is 25.0 Å². The number of nitrogens with one attached hydrogen (secondary N) is 1. The van der Waals surface area contributed by atoms with E-state index in [1.54, 1.807) is 12.1 Å². The zero-order valence-corrected chi connectivity index (χ0v) is 13.0. The van der Waals surface area contributed by atoms with Crippen molar-refractivity contribution in [2.24, 2.45) is 0 Å². The Balaban J connectivity index is 0.000000891. The molecule has 0 fully saturated rings. The molecule has 0 aliphatic heterocycles. The van der Waals surface area contributed by atoms with Gasteiger partial charge in [0.1, 0.15) is 5.69 Å². The molecule has 0 bridgehead atoms. The lowest BCUT2D eigenvalue weighted by molar-refractivity contribution is -0.148. The average molecular weight is 334 g/mol. The van der Waals surface area contributed by atoms with E-state index >= 15 is 0 Å². The van der Waals surface area contributed by atoms with E-state index < -0.39 is 5.97 Å². The highest BCUT2D eigenvalue weighted by atomic mass is 16.5. The molecule has 128 valence electrons. The van der Waals surface area contributed by atoms with E-state index in [1.807, 2.05) is 25.1 Å². The van der Waals surface area contributed by atoms with Crippen LogP contribution in [0, 0.1) is 6.92 Å². The number of carbonyl (C=O) groups is 2. The van der Waals surface area contributed by atoms with Crippen molar-refractivity contribution in [3.8, 4) is 0 Å². The second kappa shape index (κ2) is 10.0. The summed E-state index contributed by atoms with van der Waals surface area (Å²) >= 11 is 0. The summed E-state index contributed by atoms with van der Waals surface area (Å²) < 4.78 is 0. The number of nitrogens with zero attached hydrogens (tertiary/aromatic N) is 3. The third-order valence-electron chi connectivity index (χ3n) is 2.73. The molecule has 0 spiro atoms. The third-order valence-corrected chi connectivity index (χ3v) is 2.73. The molecule has 0 aromatic carbocycles. The third kappa shape index (κ3) is 6.92. The fourth-order valence-corrected chi connectivity index (χ4v) is 1.77. The molecule has 0 saturated carbocycles. The highest BCUT2D eigenvalue weighted by Crippen LogP contribution is 2.03. The first kappa shape index (κ1) is 19.2. The number of aromatic carboxylic acids is 1. The Morgan fingerprint density at radius 2 is 1.83 bits per heavy atom. The highest BCUT2D eigenvalue weighted by molar-refractivity contribution is 5.85.